The molecule has 0 unspecified atom stereocenters. The van der Waals surface area contributed by atoms with Crippen molar-refractivity contribution in [1.29, 1.82) is 0 Å². The van der Waals surface area contributed by atoms with Crippen LogP contribution in [0.3, 0.4) is 0 Å². The molecule has 2 aromatic carbocycles. The number of aryl methyl sites for hydroxylation is 1. The molecule has 6 nitrogen and oxygen atoms in total. The largest absolute Gasteiger partial charge is 0.438 e. The molecule has 0 spiro atoms. The number of para-hydroxylation sites is 1. The number of benzene rings is 2. The minimum Gasteiger partial charge on any atom is -0.438 e. The maximum Gasteiger partial charge on any atom is 0.230 e. The highest BCUT2D eigenvalue weighted by atomic mass is 16.5. The van der Waals surface area contributed by atoms with E-state index in [1.54, 1.807) is 12.5 Å². The Morgan fingerprint density at radius 3 is 2.65 bits per heavy atom. The molecule has 0 radical (unpaired) electrons. The minimum atomic E-state index is 0.573. The van der Waals surface area contributed by atoms with Gasteiger partial charge in [0.1, 0.15) is 5.75 Å². The summed E-state index contributed by atoms with van der Waals surface area (Å²) in [6, 6.07) is 17.8. The molecule has 6 heteroatoms. The monoisotopic (exact) mass is 341 g/mol. The van der Waals surface area contributed by atoms with E-state index in [4.69, 9.17) is 4.74 Å². The van der Waals surface area contributed by atoms with Crippen molar-refractivity contribution in [3.8, 4) is 17.3 Å². The molecule has 0 saturated carbocycles. The zero-order chi connectivity index (χ0) is 17.5. The summed E-state index contributed by atoms with van der Waals surface area (Å²) in [4.78, 5) is 8.72. The van der Waals surface area contributed by atoms with Crippen LogP contribution in [0.1, 0.15) is 5.69 Å². The molecule has 5 rings (SSSR count). The van der Waals surface area contributed by atoms with Gasteiger partial charge in [-0.3, -0.25) is 0 Å². The lowest BCUT2D eigenvalue weighted by atomic mass is 10.2. The molecule has 0 aliphatic heterocycles. The highest BCUT2D eigenvalue weighted by molar-refractivity contribution is 5.86. The van der Waals surface area contributed by atoms with Crippen LogP contribution in [-0.4, -0.2) is 24.1 Å². The van der Waals surface area contributed by atoms with Gasteiger partial charge in [-0.2, -0.15) is 10.1 Å². The molecular formula is C20H15N5O. The summed E-state index contributed by atoms with van der Waals surface area (Å²) in [7, 11) is 0. The van der Waals surface area contributed by atoms with Gasteiger partial charge in [0.05, 0.1) is 22.9 Å². The molecule has 0 fully saturated rings. The van der Waals surface area contributed by atoms with Gasteiger partial charge < -0.3 is 9.30 Å². The van der Waals surface area contributed by atoms with E-state index in [-0.39, 0.29) is 0 Å². The van der Waals surface area contributed by atoms with Gasteiger partial charge in [-0.25, -0.2) is 9.50 Å². The van der Waals surface area contributed by atoms with Crippen molar-refractivity contribution in [2.24, 2.45) is 0 Å². The summed E-state index contributed by atoms with van der Waals surface area (Å²) in [6.45, 7) is 1.96. The van der Waals surface area contributed by atoms with Crippen molar-refractivity contribution < 1.29 is 4.74 Å². The molecule has 26 heavy (non-hydrogen) atoms. The molecular weight excluding hydrogens is 326 g/mol. The van der Waals surface area contributed by atoms with Crippen molar-refractivity contribution in [2.45, 2.75) is 6.92 Å². The second-order valence-electron chi connectivity index (χ2n) is 6.06. The second-order valence-corrected chi connectivity index (χ2v) is 6.06. The Balaban J connectivity index is 1.58. The van der Waals surface area contributed by atoms with E-state index >= 15 is 0 Å². The molecule has 0 atom stereocenters. The summed E-state index contributed by atoms with van der Waals surface area (Å²) in [6.07, 6.45) is 5.42. The number of hydrogen-bond acceptors (Lipinski definition) is 4. The summed E-state index contributed by atoms with van der Waals surface area (Å²) in [5.41, 5.74) is 3.68. The first-order chi connectivity index (χ1) is 12.8. The fraction of sp³-hybridized carbons (Fsp3) is 0.0500. The number of ether oxygens (including phenoxy) is 1. The number of nitrogens with zero attached hydrogens (tertiary/aromatic N) is 5. The first-order valence-corrected chi connectivity index (χ1v) is 8.29. The highest BCUT2D eigenvalue weighted by Gasteiger charge is 2.11. The standard InChI is InChI=1S/C20H15N5O/c1-14-12-19-22-20(17-4-2-3-5-18(17)25(19)23-14)26-16-8-6-15(7-9-16)24-11-10-21-13-24/h2-13H,1H3. The van der Waals surface area contributed by atoms with Crippen molar-refractivity contribution in [3.05, 3.63) is 79.0 Å². The van der Waals surface area contributed by atoms with Gasteiger partial charge in [-0.1, -0.05) is 12.1 Å². The van der Waals surface area contributed by atoms with E-state index in [2.05, 4.69) is 15.1 Å². The van der Waals surface area contributed by atoms with Crippen LogP contribution in [0.2, 0.25) is 0 Å². The van der Waals surface area contributed by atoms with Crippen LogP contribution in [-0.2, 0) is 0 Å². The Hall–Kier alpha value is -3.67. The van der Waals surface area contributed by atoms with Crippen LogP contribution < -0.4 is 4.74 Å². The smallest absolute Gasteiger partial charge is 0.230 e. The van der Waals surface area contributed by atoms with E-state index in [1.807, 2.05) is 76.8 Å². The molecule has 0 saturated heterocycles. The zero-order valence-electron chi connectivity index (χ0n) is 14.1. The van der Waals surface area contributed by atoms with Gasteiger partial charge in [-0.15, -0.1) is 0 Å². The Labute approximate surface area is 149 Å². The molecule has 0 bridgehead atoms. The van der Waals surface area contributed by atoms with Gasteiger partial charge >= 0.3 is 0 Å². The number of imidazole rings is 1. The van der Waals surface area contributed by atoms with E-state index in [9.17, 15) is 0 Å². The second kappa shape index (κ2) is 5.70. The lowest BCUT2D eigenvalue weighted by Gasteiger charge is -2.10. The average Bonchev–Trinajstić information content (AvgIpc) is 3.32. The Morgan fingerprint density at radius 2 is 1.85 bits per heavy atom. The average molecular weight is 341 g/mol. The van der Waals surface area contributed by atoms with Gasteiger partial charge in [0, 0.05) is 24.1 Å². The molecule has 3 heterocycles. The van der Waals surface area contributed by atoms with Crippen molar-refractivity contribution in [2.75, 3.05) is 0 Å². The van der Waals surface area contributed by atoms with Crippen LogP contribution >= 0.6 is 0 Å². The van der Waals surface area contributed by atoms with E-state index in [0.717, 1.165) is 33.7 Å². The predicted molar refractivity (Wildman–Crippen MR) is 98.9 cm³/mol. The van der Waals surface area contributed by atoms with Crippen LogP contribution in [0.15, 0.2) is 73.3 Å². The molecule has 0 aliphatic carbocycles. The predicted octanol–water partition coefficient (Wildman–Crippen LogP) is 4.17. The third kappa shape index (κ3) is 2.39. The van der Waals surface area contributed by atoms with Gasteiger partial charge in [0.2, 0.25) is 5.88 Å². The summed E-state index contributed by atoms with van der Waals surface area (Å²) >= 11 is 0. The Kier molecular flexibility index (Phi) is 3.21. The van der Waals surface area contributed by atoms with Crippen molar-refractivity contribution in [3.63, 3.8) is 0 Å². The van der Waals surface area contributed by atoms with Crippen LogP contribution in [0.25, 0.3) is 22.2 Å². The van der Waals surface area contributed by atoms with Crippen LogP contribution in [0.4, 0.5) is 0 Å². The van der Waals surface area contributed by atoms with Crippen molar-refractivity contribution in [1.82, 2.24) is 24.1 Å². The van der Waals surface area contributed by atoms with E-state index in [0.29, 0.717) is 5.88 Å². The lowest BCUT2D eigenvalue weighted by molar-refractivity contribution is 0.469. The first-order valence-electron chi connectivity index (χ1n) is 8.29. The third-order valence-corrected chi connectivity index (χ3v) is 4.25. The summed E-state index contributed by atoms with van der Waals surface area (Å²) in [5.74, 6) is 1.30. The first kappa shape index (κ1) is 14.7. The third-order valence-electron chi connectivity index (χ3n) is 4.25. The topological polar surface area (TPSA) is 57.2 Å². The van der Waals surface area contributed by atoms with Gasteiger partial charge in [0.25, 0.3) is 0 Å². The molecule has 5 aromatic rings. The van der Waals surface area contributed by atoms with Crippen LogP contribution in [0, 0.1) is 6.92 Å². The highest BCUT2D eigenvalue weighted by Crippen LogP contribution is 2.29. The molecule has 126 valence electrons. The number of rotatable bonds is 3. The molecule has 3 aromatic heterocycles. The maximum atomic E-state index is 6.10. The Morgan fingerprint density at radius 1 is 1.00 bits per heavy atom. The summed E-state index contributed by atoms with van der Waals surface area (Å²) < 4.78 is 9.89. The zero-order valence-corrected chi connectivity index (χ0v) is 14.1. The number of aromatic nitrogens is 5. The van der Waals surface area contributed by atoms with Crippen molar-refractivity contribution >= 4 is 16.6 Å². The van der Waals surface area contributed by atoms with E-state index in [1.165, 1.54) is 0 Å². The van der Waals surface area contributed by atoms with E-state index < -0.39 is 0 Å². The van der Waals surface area contributed by atoms with Crippen LogP contribution in [0.5, 0.6) is 11.6 Å². The minimum absolute atomic E-state index is 0.573. The lowest BCUT2D eigenvalue weighted by Crippen LogP contribution is -1.97. The number of fused-ring (bicyclic) bond motifs is 3. The fourth-order valence-corrected chi connectivity index (χ4v) is 3.03. The fourth-order valence-electron chi connectivity index (χ4n) is 3.03. The summed E-state index contributed by atoms with van der Waals surface area (Å²) in [5, 5.41) is 5.44. The van der Waals surface area contributed by atoms with Gasteiger partial charge in [0.15, 0.2) is 5.65 Å². The number of hydrogen-bond donors (Lipinski definition) is 0. The van der Waals surface area contributed by atoms with Gasteiger partial charge in [-0.05, 0) is 43.3 Å². The Bertz CT molecular complexity index is 1210. The molecule has 0 aliphatic rings. The maximum absolute atomic E-state index is 6.10. The molecule has 0 amide bonds. The molecule has 0 N–H and O–H groups in total. The normalized spacial score (nSPS) is 11.3. The quantitative estimate of drug-likeness (QED) is 0.494. The SMILES string of the molecule is Cc1cc2nc(Oc3ccc(-n4ccnc4)cc3)c3ccccc3n2n1.